The van der Waals surface area contributed by atoms with Gasteiger partial charge in [-0.25, -0.2) is 0 Å². The Labute approximate surface area is 128 Å². The predicted molar refractivity (Wildman–Crippen MR) is 87.5 cm³/mol. The van der Waals surface area contributed by atoms with E-state index in [0.717, 1.165) is 24.2 Å². The topological polar surface area (TPSA) is 59.3 Å². The number of hydrogen-bond acceptors (Lipinski definition) is 4. The quantitative estimate of drug-likeness (QED) is 0.768. The molecule has 1 unspecified atom stereocenters. The van der Waals surface area contributed by atoms with Crippen LogP contribution in [-0.2, 0) is 0 Å². The number of nitriles is 1. The molecule has 1 atom stereocenters. The molecule has 0 aliphatic heterocycles. The van der Waals surface area contributed by atoms with Crippen molar-refractivity contribution in [2.75, 3.05) is 18.0 Å². The number of hydrogen-bond donors (Lipinski definition) is 2. The molecule has 0 aromatic heterocycles. The van der Waals surface area contributed by atoms with Crippen LogP contribution in [0.1, 0.15) is 52.1 Å². The second kappa shape index (κ2) is 8.53. The van der Waals surface area contributed by atoms with Crippen LogP contribution in [0, 0.1) is 11.3 Å². The molecule has 2 N–H and O–H groups in total. The summed E-state index contributed by atoms with van der Waals surface area (Å²) in [6.45, 7) is 9.97. The first kappa shape index (κ1) is 17.3. The predicted octanol–water partition coefficient (Wildman–Crippen LogP) is 3.58. The average molecular weight is 289 g/mol. The molecule has 0 aliphatic rings. The Bertz CT molecular complexity index is 479. The molecule has 0 saturated carbocycles. The number of nitrogens with one attached hydrogen (secondary N) is 1. The zero-order valence-corrected chi connectivity index (χ0v) is 13.6. The number of nitrogens with zero attached hydrogens (tertiary/aromatic N) is 2. The van der Waals surface area contributed by atoms with Crippen molar-refractivity contribution in [1.29, 1.82) is 5.26 Å². The van der Waals surface area contributed by atoms with Crippen LogP contribution >= 0.6 is 0 Å². The van der Waals surface area contributed by atoms with Gasteiger partial charge < -0.3 is 15.3 Å². The monoisotopic (exact) mass is 289 g/mol. The highest BCUT2D eigenvalue weighted by molar-refractivity contribution is 5.54. The van der Waals surface area contributed by atoms with Gasteiger partial charge in [-0.3, -0.25) is 0 Å². The zero-order valence-electron chi connectivity index (χ0n) is 13.6. The van der Waals surface area contributed by atoms with Gasteiger partial charge in [-0.05, 0) is 39.8 Å². The maximum Gasteiger partial charge on any atom is 0.122 e. The lowest BCUT2D eigenvalue weighted by molar-refractivity contribution is 0.452. The van der Waals surface area contributed by atoms with E-state index in [1.165, 1.54) is 0 Å². The first-order valence-corrected chi connectivity index (χ1v) is 7.71. The van der Waals surface area contributed by atoms with E-state index >= 15 is 0 Å². The fourth-order valence-electron chi connectivity index (χ4n) is 2.40. The lowest BCUT2D eigenvalue weighted by Crippen LogP contribution is -2.31. The van der Waals surface area contributed by atoms with Crippen molar-refractivity contribution < 1.29 is 5.11 Å². The second-order valence-corrected chi connectivity index (χ2v) is 5.61. The van der Waals surface area contributed by atoms with Crippen molar-refractivity contribution in [1.82, 2.24) is 5.32 Å². The Morgan fingerprint density at radius 3 is 2.57 bits per heavy atom. The number of aromatic hydroxyl groups is 1. The van der Waals surface area contributed by atoms with Crippen molar-refractivity contribution in [3.63, 3.8) is 0 Å². The molecule has 0 radical (unpaired) electrons. The van der Waals surface area contributed by atoms with Crippen LogP contribution in [0.5, 0.6) is 5.75 Å². The summed E-state index contributed by atoms with van der Waals surface area (Å²) in [6, 6.07) is 8.40. The molecule has 0 amide bonds. The third-order valence-corrected chi connectivity index (χ3v) is 3.60. The van der Waals surface area contributed by atoms with E-state index in [0.29, 0.717) is 24.8 Å². The van der Waals surface area contributed by atoms with Crippen molar-refractivity contribution >= 4 is 5.69 Å². The molecule has 0 aliphatic carbocycles. The maximum absolute atomic E-state index is 10.3. The summed E-state index contributed by atoms with van der Waals surface area (Å²) < 4.78 is 0. The fraction of sp³-hybridized carbons (Fsp3) is 0.588. The molecule has 4 heteroatoms. The summed E-state index contributed by atoms with van der Waals surface area (Å²) in [5, 5.41) is 22.4. The highest BCUT2D eigenvalue weighted by atomic mass is 16.3. The van der Waals surface area contributed by atoms with Gasteiger partial charge in [0, 0.05) is 35.9 Å². The molecule has 0 spiro atoms. The summed E-state index contributed by atoms with van der Waals surface area (Å²) in [6.07, 6.45) is 1.55. The number of benzene rings is 1. The first-order chi connectivity index (χ1) is 10.0. The average Bonchev–Trinajstić information content (AvgIpc) is 2.45. The smallest absolute Gasteiger partial charge is 0.122 e. The number of rotatable bonds is 8. The van der Waals surface area contributed by atoms with Crippen LogP contribution in [-0.4, -0.2) is 24.2 Å². The molecule has 1 aromatic carbocycles. The van der Waals surface area contributed by atoms with Crippen LogP contribution in [0.25, 0.3) is 0 Å². The number of phenolic OH excluding ortho intramolecular Hbond substituents is 1. The summed E-state index contributed by atoms with van der Waals surface area (Å²) in [7, 11) is 0. The van der Waals surface area contributed by atoms with Gasteiger partial charge in [0.1, 0.15) is 5.75 Å². The number of anilines is 1. The third kappa shape index (κ3) is 4.95. The first-order valence-electron chi connectivity index (χ1n) is 7.71. The van der Waals surface area contributed by atoms with Crippen LogP contribution in [0.2, 0.25) is 0 Å². The molecular weight excluding hydrogens is 262 g/mol. The van der Waals surface area contributed by atoms with Gasteiger partial charge in [-0.1, -0.05) is 13.0 Å². The minimum atomic E-state index is 0.130. The van der Waals surface area contributed by atoms with Gasteiger partial charge in [0.05, 0.1) is 12.5 Å². The van der Waals surface area contributed by atoms with Crippen molar-refractivity contribution in [2.24, 2.45) is 0 Å². The SMILES string of the molecule is CCCNC(C)c1ccc(N(CCC#N)C(C)C)cc1O. The van der Waals surface area contributed by atoms with E-state index in [1.807, 2.05) is 12.1 Å². The summed E-state index contributed by atoms with van der Waals surface area (Å²) >= 11 is 0. The van der Waals surface area contributed by atoms with Crippen LogP contribution in [0.15, 0.2) is 18.2 Å². The molecule has 1 aromatic rings. The van der Waals surface area contributed by atoms with Gasteiger partial charge in [-0.15, -0.1) is 0 Å². The lowest BCUT2D eigenvalue weighted by atomic mass is 10.1. The maximum atomic E-state index is 10.3. The molecule has 1 rings (SSSR count). The molecule has 0 bridgehead atoms. The standard InChI is InChI=1S/C17H27N3O/c1-5-10-19-14(4)16-8-7-15(12-17(16)21)20(13(2)3)11-6-9-18/h7-8,12-14,19,21H,5-6,10-11H2,1-4H3. The molecule has 0 saturated heterocycles. The fourth-order valence-corrected chi connectivity index (χ4v) is 2.40. The van der Waals surface area contributed by atoms with Gasteiger partial charge in [0.2, 0.25) is 0 Å². The Morgan fingerprint density at radius 1 is 1.33 bits per heavy atom. The summed E-state index contributed by atoms with van der Waals surface area (Å²) in [4.78, 5) is 2.14. The highest BCUT2D eigenvalue weighted by Crippen LogP contribution is 2.30. The Balaban J connectivity index is 2.91. The second-order valence-electron chi connectivity index (χ2n) is 5.61. The Hall–Kier alpha value is -1.73. The minimum absolute atomic E-state index is 0.130. The largest absolute Gasteiger partial charge is 0.508 e. The molecule has 0 heterocycles. The van der Waals surface area contributed by atoms with E-state index in [2.05, 4.69) is 44.0 Å². The van der Waals surface area contributed by atoms with Crippen LogP contribution in [0.3, 0.4) is 0 Å². The van der Waals surface area contributed by atoms with E-state index < -0.39 is 0 Å². The van der Waals surface area contributed by atoms with E-state index in [1.54, 1.807) is 6.07 Å². The normalized spacial score (nSPS) is 12.2. The van der Waals surface area contributed by atoms with E-state index in [4.69, 9.17) is 5.26 Å². The van der Waals surface area contributed by atoms with Crippen LogP contribution in [0.4, 0.5) is 5.69 Å². The highest BCUT2D eigenvalue weighted by Gasteiger charge is 2.14. The molecule has 21 heavy (non-hydrogen) atoms. The third-order valence-electron chi connectivity index (χ3n) is 3.60. The Morgan fingerprint density at radius 2 is 2.05 bits per heavy atom. The van der Waals surface area contributed by atoms with Crippen molar-refractivity contribution in [3.8, 4) is 11.8 Å². The number of phenols is 1. The van der Waals surface area contributed by atoms with E-state index in [-0.39, 0.29) is 6.04 Å². The lowest BCUT2D eigenvalue weighted by Gasteiger charge is -2.29. The molecule has 116 valence electrons. The van der Waals surface area contributed by atoms with Crippen molar-refractivity contribution in [3.05, 3.63) is 23.8 Å². The molecule has 0 fully saturated rings. The Kier molecular flexibility index (Phi) is 7.04. The van der Waals surface area contributed by atoms with Gasteiger partial charge in [0.15, 0.2) is 0 Å². The molecular formula is C17H27N3O. The summed E-state index contributed by atoms with van der Waals surface area (Å²) in [5.41, 5.74) is 1.88. The summed E-state index contributed by atoms with van der Waals surface area (Å²) in [5.74, 6) is 0.311. The minimum Gasteiger partial charge on any atom is -0.508 e. The van der Waals surface area contributed by atoms with E-state index in [9.17, 15) is 5.11 Å². The zero-order chi connectivity index (χ0) is 15.8. The molecule has 4 nitrogen and oxygen atoms in total. The van der Waals surface area contributed by atoms with Crippen LogP contribution < -0.4 is 10.2 Å². The van der Waals surface area contributed by atoms with Gasteiger partial charge in [0.25, 0.3) is 0 Å². The van der Waals surface area contributed by atoms with Crippen molar-refractivity contribution in [2.45, 2.75) is 52.6 Å². The van der Waals surface area contributed by atoms with Gasteiger partial charge >= 0.3 is 0 Å². The van der Waals surface area contributed by atoms with Gasteiger partial charge in [-0.2, -0.15) is 5.26 Å².